The average molecular weight is 493 g/mol. The van der Waals surface area contributed by atoms with E-state index in [0.717, 1.165) is 0 Å². The second kappa shape index (κ2) is 8.07. The zero-order valence-corrected chi connectivity index (χ0v) is 20.0. The summed E-state index contributed by atoms with van der Waals surface area (Å²) in [6, 6.07) is 0. The van der Waals surface area contributed by atoms with Crippen LogP contribution in [0.15, 0.2) is 40.0 Å². The summed E-state index contributed by atoms with van der Waals surface area (Å²) in [4.78, 5) is 0. The van der Waals surface area contributed by atoms with Gasteiger partial charge in [-0.05, 0) is 0 Å². The van der Waals surface area contributed by atoms with Crippen LogP contribution in [-0.4, -0.2) is 0 Å². The van der Waals surface area contributed by atoms with Crippen molar-refractivity contribution in [1.82, 2.24) is 0 Å². The third-order valence-electron chi connectivity index (χ3n) is 5.55. The molecule has 0 amide bonds. The summed E-state index contributed by atoms with van der Waals surface area (Å²) in [6.45, 7) is 18.8. The Balaban J connectivity index is 0.00000200. The predicted molar refractivity (Wildman–Crippen MR) is 80.5 cm³/mol. The third kappa shape index (κ3) is 3.66. The van der Waals surface area contributed by atoms with Crippen LogP contribution in [-0.2, 0) is 23.2 Å². The normalized spacial score (nSPS) is 25.3. The molecule has 0 saturated carbocycles. The minimum absolute atomic E-state index is 0. The summed E-state index contributed by atoms with van der Waals surface area (Å²) < 4.78 is 3.64. The maximum atomic E-state index is 2.41. The molecule has 0 nitrogen and oxygen atoms in total. The van der Waals surface area contributed by atoms with Crippen molar-refractivity contribution in [3.63, 3.8) is 0 Å². The van der Waals surface area contributed by atoms with Crippen molar-refractivity contribution in [2.45, 2.75) is 55.4 Å². The van der Waals surface area contributed by atoms with Crippen molar-refractivity contribution >= 4 is 0 Å². The molecule has 0 radical (unpaired) electrons. The van der Waals surface area contributed by atoms with Crippen LogP contribution in [0, 0.1) is 11.8 Å². The number of rotatable bonds is 2. The first-order chi connectivity index (χ1) is 8.77. The van der Waals surface area contributed by atoms with Gasteiger partial charge < -0.3 is 34.0 Å². The smallest absolute Gasteiger partial charge is 1.00 e. The van der Waals surface area contributed by atoms with Crippen molar-refractivity contribution in [1.29, 1.82) is 0 Å². The van der Waals surface area contributed by atoms with Gasteiger partial charge in [-0.1, -0.05) is 0 Å². The molecular formula is C18H26Br2Zr. The predicted octanol–water partition coefficient (Wildman–Crippen LogP) is -0.403. The molecule has 116 valence electrons. The Kier molecular flexibility index (Phi) is 8.37. The van der Waals surface area contributed by atoms with Gasteiger partial charge in [0.25, 0.3) is 0 Å². The van der Waals surface area contributed by atoms with Crippen molar-refractivity contribution in [3.8, 4) is 0 Å². The monoisotopic (exact) mass is 490 g/mol. The van der Waals surface area contributed by atoms with Crippen LogP contribution in [0.3, 0.4) is 0 Å². The van der Waals surface area contributed by atoms with E-state index in [9.17, 15) is 0 Å². The summed E-state index contributed by atoms with van der Waals surface area (Å²) in [5.41, 5.74) is 9.58. The van der Waals surface area contributed by atoms with Gasteiger partial charge in [-0.2, -0.15) is 0 Å². The Morgan fingerprint density at radius 1 is 0.571 bits per heavy atom. The molecule has 0 aliphatic heterocycles. The Hall–Kier alpha value is 0.803. The number of allylic oxidation sites excluding steroid dienone is 8. The van der Waals surface area contributed by atoms with Gasteiger partial charge in [0, 0.05) is 0 Å². The van der Waals surface area contributed by atoms with Crippen LogP contribution in [0.25, 0.3) is 0 Å². The molecule has 21 heavy (non-hydrogen) atoms. The van der Waals surface area contributed by atoms with Crippen LogP contribution >= 0.6 is 0 Å². The van der Waals surface area contributed by atoms with Gasteiger partial charge in [0.05, 0.1) is 0 Å². The molecule has 0 aromatic heterocycles. The van der Waals surface area contributed by atoms with Crippen LogP contribution in [0.5, 0.6) is 0 Å². The van der Waals surface area contributed by atoms with E-state index in [0.29, 0.717) is 11.8 Å². The average Bonchev–Trinajstić information content (AvgIpc) is 2.68. The minimum Gasteiger partial charge on any atom is -1.00 e. The number of halogens is 2. The van der Waals surface area contributed by atoms with Crippen LogP contribution in [0.2, 0.25) is 0 Å². The second-order valence-corrected chi connectivity index (χ2v) is 9.52. The van der Waals surface area contributed by atoms with Crippen LogP contribution < -0.4 is 34.0 Å². The van der Waals surface area contributed by atoms with Gasteiger partial charge in [0.15, 0.2) is 0 Å². The summed E-state index contributed by atoms with van der Waals surface area (Å²) in [6.07, 6.45) is 0. The zero-order valence-electron chi connectivity index (χ0n) is 14.4. The quantitative estimate of drug-likeness (QED) is 0.492. The molecule has 2 aliphatic rings. The van der Waals surface area contributed by atoms with E-state index in [1.165, 1.54) is 0 Å². The fourth-order valence-electron chi connectivity index (χ4n) is 3.28. The molecule has 0 N–H and O–H groups in total. The largest absolute Gasteiger partial charge is 1.00 e. The molecule has 2 unspecified atom stereocenters. The van der Waals surface area contributed by atoms with Gasteiger partial charge in [-0.3, -0.25) is 0 Å². The second-order valence-electron chi connectivity index (χ2n) is 6.26. The summed E-state index contributed by atoms with van der Waals surface area (Å²) in [5.74, 6) is 1.42. The maximum absolute atomic E-state index is 2.41. The van der Waals surface area contributed by atoms with E-state index in [-0.39, 0.29) is 34.0 Å². The van der Waals surface area contributed by atoms with E-state index in [2.05, 4.69) is 55.4 Å². The Morgan fingerprint density at radius 2 is 0.857 bits per heavy atom. The Labute approximate surface area is 163 Å². The SMILES string of the molecule is CC1=C(C)C(C)[C]([Zr+2][C]2=C(C)C(C)=C(C)C2C)=C1C.[Br-].[Br-]. The van der Waals surface area contributed by atoms with Gasteiger partial charge in [-0.25, -0.2) is 0 Å². The number of hydrogen-bond acceptors (Lipinski definition) is 0. The van der Waals surface area contributed by atoms with Crippen molar-refractivity contribution in [2.24, 2.45) is 11.8 Å². The molecule has 2 rings (SSSR count). The summed E-state index contributed by atoms with van der Waals surface area (Å²) >= 11 is -0.601. The van der Waals surface area contributed by atoms with Gasteiger partial charge in [0.1, 0.15) is 0 Å². The fourth-order valence-corrected chi connectivity index (χ4v) is 7.96. The van der Waals surface area contributed by atoms with E-state index < -0.39 is 23.2 Å². The standard InChI is InChI=1S/2C9H13.2BrH.Zr/c2*1-6-5-7(2)9(4)8(6)3;;;/h2*6H,1-4H3;2*1H;/q;;;;+2/p-2. The fraction of sp³-hybridized carbons (Fsp3) is 0.556. The summed E-state index contributed by atoms with van der Waals surface area (Å²) in [7, 11) is 0. The van der Waals surface area contributed by atoms with Crippen molar-refractivity contribution in [2.75, 3.05) is 0 Å². The van der Waals surface area contributed by atoms with E-state index >= 15 is 0 Å². The first kappa shape index (κ1) is 21.8. The molecule has 0 aromatic carbocycles. The Morgan fingerprint density at radius 3 is 1.05 bits per heavy atom. The molecule has 0 fully saturated rings. The molecule has 0 heterocycles. The molecule has 2 atom stereocenters. The molecule has 0 aromatic rings. The molecule has 3 heteroatoms. The first-order valence-corrected chi connectivity index (χ1v) is 9.77. The van der Waals surface area contributed by atoms with Crippen LogP contribution in [0.1, 0.15) is 55.4 Å². The topological polar surface area (TPSA) is 0 Å². The van der Waals surface area contributed by atoms with Gasteiger partial charge >= 0.3 is 130 Å². The minimum atomic E-state index is -0.601. The van der Waals surface area contributed by atoms with E-state index in [1.54, 1.807) is 33.4 Å². The zero-order chi connectivity index (χ0) is 14.5. The molecule has 0 saturated heterocycles. The molecule has 0 spiro atoms. The van der Waals surface area contributed by atoms with Crippen molar-refractivity contribution < 1.29 is 57.2 Å². The Bertz CT molecular complexity index is 512. The van der Waals surface area contributed by atoms with Crippen molar-refractivity contribution in [3.05, 3.63) is 40.0 Å². The van der Waals surface area contributed by atoms with Gasteiger partial charge in [-0.15, -0.1) is 0 Å². The van der Waals surface area contributed by atoms with E-state index in [4.69, 9.17) is 0 Å². The number of hydrogen-bond donors (Lipinski definition) is 0. The first-order valence-electron chi connectivity index (χ1n) is 7.31. The van der Waals surface area contributed by atoms with Crippen LogP contribution in [0.4, 0.5) is 0 Å². The third-order valence-corrected chi connectivity index (χ3v) is 10.8. The van der Waals surface area contributed by atoms with E-state index in [1.807, 2.05) is 6.56 Å². The summed E-state index contributed by atoms with van der Waals surface area (Å²) in [5, 5.41) is 0. The molecule has 0 bridgehead atoms. The molecular weight excluding hydrogens is 467 g/mol. The molecule has 2 aliphatic carbocycles. The van der Waals surface area contributed by atoms with Gasteiger partial charge in [0.2, 0.25) is 0 Å². The maximum Gasteiger partial charge on any atom is -1.00 e.